The molecule has 0 saturated heterocycles. The number of aromatic nitrogens is 1. The lowest BCUT2D eigenvalue weighted by Crippen LogP contribution is -2.10. The quantitative estimate of drug-likeness (QED) is 0.161. The molecule has 0 spiro atoms. The van der Waals surface area contributed by atoms with Crippen LogP contribution in [0.2, 0.25) is 0 Å². The fourth-order valence-corrected chi connectivity index (χ4v) is 9.34. The molecule has 0 fully saturated rings. The van der Waals surface area contributed by atoms with E-state index >= 15 is 0 Å². The number of nitrogens with zero attached hydrogens (tertiary/aromatic N) is 2. The van der Waals surface area contributed by atoms with Gasteiger partial charge in [-0.2, -0.15) is 0 Å². The first kappa shape index (κ1) is 34.9. The number of anilines is 3. The predicted octanol–water partition coefficient (Wildman–Crippen LogP) is 16.3. The van der Waals surface area contributed by atoms with Crippen LogP contribution < -0.4 is 4.90 Å². The van der Waals surface area contributed by atoms with Crippen molar-refractivity contribution < 1.29 is 4.42 Å². The molecule has 0 aliphatic carbocycles. The van der Waals surface area contributed by atoms with Crippen LogP contribution in [0, 0.1) is 0 Å². The van der Waals surface area contributed by atoms with Crippen LogP contribution >= 0.6 is 0 Å². The first-order chi connectivity index (χ1) is 30.3. The Labute approximate surface area is 353 Å². The second-order valence-electron chi connectivity index (χ2n) is 15.7. The summed E-state index contributed by atoms with van der Waals surface area (Å²) in [6.45, 7) is 0. The standard InChI is InChI=1S/C58H38N2O/c1-4-15-40(16-5-1)47-36-33-46(38-53(47)41-17-6-2-7-18-41)59(54-25-14-24-52-50-23-12-13-26-56(50)61-58(52)54)45-31-27-39(28-32-45)43-30-34-49-51-35-29-42-19-10-11-22-48(42)57(51)60(55(49)37-43)44-20-8-3-9-21-44/h1-38H. The minimum Gasteiger partial charge on any atom is -0.454 e. The van der Waals surface area contributed by atoms with Gasteiger partial charge in [0.15, 0.2) is 5.58 Å². The Balaban J connectivity index is 1.04. The molecule has 0 saturated carbocycles. The number of para-hydroxylation sites is 3. The Bertz CT molecular complexity index is 3570. The van der Waals surface area contributed by atoms with E-state index in [1.54, 1.807) is 0 Å². The lowest BCUT2D eigenvalue weighted by atomic mass is 9.93. The molecule has 0 aliphatic rings. The molecule has 0 bridgehead atoms. The van der Waals surface area contributed by atoms with Crippen LogP contribution in [0.25, 0.3) is 93.6 Å². The second kappa shape index (κ2) is 14.3. The van der Waals surface area contributed by atoms with E-state index in [1.165, 1.54) is 43.7 Å². The Morgan fingerprint density at radius 2 is 0.984 bits per heavy atom. The van der Waals surface area contributed by atoms with Crippen molar-refractivity contribution in [2.24, 2.45) is 0 Å². The van der Waals surface area contributed by atoms with Crippen molar-refractivity contribution in [1.82, 2.24) is 4.57 Å². The van der Waals surface area contributed by atoms with Gasteiger partial charge in [0.25, 0.3) is 0 Å². The molecule has 3 heteroatoms. The van der Waals surface area contributed by atoms with Gasteiger partial charge in [0.2, 0.25) is 0 Å². The average molecular weight is 779 g/mol. The molecule has 0 unspecified atom stereocenters. The van der Waals surface area contributed by atoms with Crippen molar-refractivity contribution in [1.29, 1.82) is 0 Å². The first-order valence-electron chi connectivity index (χ1n) is 20.8. The van der Waals surface area contributed by atoms with E-state index in [1.807, 2.05) is 6.07 Å². The van der Waals surface area contributed by atoms with Gasteiger partial charge in [0.05, 0.1) is 16.7 Å². The zero-order chi connectivity index (χ0) is 40.3. The SMILES string of the molecule is c1ccc(-c2ccc(N(c3ccc(-c4ccc5c6ccc7ccccc7c6n(-c6ccccc6)c5c4)cc3)c3cccc4c3oc3ccccc34)cc2-c2ccccc2)cc1. The summed E-state index contributed by atoms with van der Waals surface area (Å²) in [5.41, 5.74) is 15.4. The maximum atomic E-state index is 6.70. The van der Waals surface area contributed by atoms with E-state index in [9.17, 15) is 0 Å². The fraction of sp³-hybridized carbons (Fsp3) is 0. The highest BCUT2D eigenvalue weighted by molar-refractivity contribution is 6.19. The zero-order valence-electron chi connectivity index (χ0n) is 33.2. The summed E-state index contributed by atoms with van der Waals surface area (Å²) in [6, 6.07) is 82.8. The van der Waals surface area contributed by atoms with Gasteiger partial charge >= 0.3 is 0 Å². The van der Waals surface area contributed by atoms with Crippen LogP contribution in [-0.2, 0) is 0 Å². The lowest BCUT2D eigenvalue weighted by molar-refractivity contribution is 0.669. The van der Waals surface area contributed by atoms with Crippen LogP contribution in [0.5, 0.6) is 0 Å². The Morgan fingerprint density at radius 1 is 0.361 bits per heavy atom. The third-order valence-corrected chi connectivity index (χ3v) is 12.2. The molecule has 0 atom stereocenters. The zero-order valence-corrected chi connectivity index (χ0v) is 33.2. The summed E-state index contributed by atoms with van der Waals surface area (Å²) < 4.78 is 9.14. The summed E-state index contributed by atoms with van der Waals surface area (Å²) in [7, 11) is 0. The Kier molecular flexibility index (Phi) is 8.17. The molecule has 61 heavy (non-hydrogen) atoms. The average Bonchev–Trinajstić information content (AvgIpc) is 3.89. The number of hydrogen-bond acceptors (Lipinski definition) is 2. The monoisotopic (exact) mass is 778 g/mol. The summed E-state index contributed by atoms with van der Waals surface area (Å²) in [4.78, 5) is 2.34. The molecule has 3 nitrogen and oxygen atoms in total. The second-order valence-corrected chi connectivity index (χ2v) is 15.7. The molecule has 10 aromatic carbocycles. The van der Waals surface area contributed by atoms with Crippen molar-refractivity contribution in [2.45, 2.75) is 0 Å². The van der Waals surface area contributed by atoms with Gasteiger partial charge in [0, 0.05) is 44.0 Å². The van der Waals surface area contributed by atoms with Crippen LogP contribution in [0.3, 0.4) is 0 Å². The van der Waals surface area contributed by atoms with E-state index in [-0.39, 0.29) is 0 Å². The number of rotatable bonds is 7. The number of furan rings is 1. The molecular formula is C58H38N2O. The van der Waals surface area contributed by atoms with Crippen molar-refractivity contribution >= 4 is 71.6 Å². The van der Waals surface area contributed by atoms with E-state index in [4.69, 9.17) is 4.42 Å². The van der Waals surface area contributed by atoms with Gasteiger partial charge in [-0.15, -0.1) is 0 Å². The highest BCUT2D eigenvalue weighted by Gasteiger charge is 2.22. The third kappa shape index (κ3) is 5.82. The van der Waals surface area contributed by atoms with Crippen molar-refractivity contribution in [2.75, 3.05) is 4.90 Å². The Hall–Kier alpha value is -8.14. The van der Waals surface area contributed by atoms with Gasteiger partial charge in [-0.05, 0) is 93.4 Å². The normalized spacial score (nSPS) is 11.6. The van der Waals surface area contributed by atoms with Gasteiger partial charge < -0.3 is 13.9 Å². The number of benzene rings is 10. The van der Waals surface area contributed by atoms with Crippen LogP contribution in [0.1, 0.15) is 0 Å². The van der Waals surface area contributed by atoms with Crippen LogP contribution in [-0.4, -0.2) is 4.57 Å². The van der Waals surface area contributed by atoms with Crippen molar-refractivity contribution in [3.63, 3.8) is 0 Å². The molecule has 2 heterocycles. The molecule has 0 aliphatic heterocycles. The molecule has 12 rings (SSSR count). The van der Waals surface area contributed by atoms with Crippen molar-refractivity contribution in [3.8, 4) is 39.1 Å². The van der Waals surface area contributed by atoms with Gasteiger partial charge in [-0.3, -0.25) is 0 Å². The third-order valence-electron chi connectivity index (χ3n) is 12.2. The highest BCUT2D eigenvalue weighted by atomic mass is 16.3. The van der Waals surface area contributed by atoms with E-state index in [0.29, 0.717) is 0 Å². The first-order valence-corrected chi connectivity index (χ1v) is 20.8. The number of fused-ring (bicyclic) bond motifs is 8. The van der Waals surface area contributed by atoms with Gasteiger partial charge in [0.1, 0.15) is 5.58 Å². The van der Waals surface area contributed by atoms with Gasteiger partial charge in [-0.1, -0.05) is 176 Å². The summed E-state index contributed by atoms with van der Waals surface area (Å²) in [5, 5.41) is 7.17. The lowest BCUT2D eigenvalue weighted by Gasteiger charge is -2.27. The Morgan fingerprint density at radius 3 is 1.77 bits per heavy atom. The smallest absolute Gasteiger partial charge is 0.159 e. The molecule has 0 radical (unpaired) electrons. The van der Waals surface area contributed by atoms with E-state index in [2.05, 4.69) is 234 Å². The topological polar surface area (TPSA) is 21.3 Å². The maximum Gasteiger partial charge on any atom is 0.159 e. The molecular weight excluding hydrogens is 741 g/mol. The van der Waals surface area contributed by atoms with Gasteiger partial charge in [-0.25, -0.2) is 0 Å². The fourth-order valence-electron chi connectivity index (χ4n) is 9.34. The largest absolute Gasteiger partial charge is 0.454 e. The molecule has 0 amide bonds. The van der Waals surface area contributed by atoms with Crippen LogP contribution in [0.15, 0.2) is 235 Å². The molecule has 0 N–H and O–H groups in total. The van der Waals surface area contributed by atoms with Crippen molar-refractivity contribution in [3.05, 3.63) is 231 Å². The summed E-state index contributed by atoms with van der Waals surface area (Å²) >= 11 is 0. The van der Waals surface area contributed by atoms with E-state index < -0.39 is 0 Å². The summed E-state index contributed by atoms with van der Waals surface area (Å²) in [5.74, 6) is 0. The van der Waals surface area contributed by atoms with Crippen LogP contribution in [0.4, 0.5) is 17.1 Å². The molecule has 286 valence electrons. The summed E-state index contributed by atoms with van der Waals surface area (Å²) in [6.07, 6.45) is 0. The highest BCUT2D eigenvalue weighted by Crippen LogP contribution is 2.45. The number of hydrogen-bond donors (Lipinski definition) is 0. The maximum absolute atomic E-state index is 6.70. The minimum atomic E-state index is 0.855. The predicted molar refractivity (Wildman–Crippen MR) is 257 cm³/mol. The van der Waals surface area contributed by atoms with E-state index in [0.717, 1.165) is 66.9 Å². The molecule has 2 aromatic heterocycles. The molecule has 12 aromatic rings. The minimum absolute atomic E-state index is 0.855.